The molecule has 1 aliphatic heterocycles. The lowest BCUT2D eigenvalue weighted by molar-refractivity contribution is 0.0672. The average molecular weight is 386 g/mol. The van der Waals surface area contributed by atoms with E-state index in [1.54, 1.807) is 12.4 Å². The molecular weight excluding hydrogens is 358 g/mol. The van der Waals surface area contributed by atoms with Crippen LogP contribution in [0.3, 0.4) is 0 Å². The number of nitrogens with zero attached hydrogens (tertiary/aromatic N) is 2. The molecule has 1 saturated heterocycles. The Hall–Kier alpha value is -2.98. The third-order valence-electron chi connectivity index (χ3n) is 5.84. The number of likely N-dealkylation sites (tertiary alicyclic amines) is 1. The van der Waals surface area contributed by atoms with E-state index in [1.807, 2.05) is 42.2 Å². The number of rotatable bonds is 4. The smallest absolute Gasteiger partial charge is 0.254 e. The Morgan fingerprint density at radius 2 is 1.72 bits per heavy atom. The van der Waals surface area contributed by atoms with E-state index in [4.69, 9.17) is 5.73 Å². The number of amides is 1. The Balaban J connectivity index is 1.51. The highest BCUT2D eigenvalue weighted by Crippen LogP contribution is 2.29. The highest BCUT2D eigenvalue weighted by molar-refractivity contribution is 6.01. The second kappa shape index (κ2) is 8.18. The molecule has 1 aromatic heterocycles. The van der Waals surface area contributed by atoms with Crippen molar-refractivity contribution in [2.45, 2.75) is 31.7 Å². The summed E-state index contributed by atoms with van der Waals surface area (Å²) >= 11 is 0. The lowest BCUT2D eigenvalue weighted by atomic mass is 9.82. The molecular formula is C25H27N3O. The summed E-state index contributed by atoms with van der Waals surface area (Å²) in [4.78, 5) is 19.4. The minimum atomic E-state index is -0.251. The van der Waals surface area contributed by atoms with Crippen molar-refractivity contribution < 1.29 is 4.79 Å². The Morgan fingerprint density at radius 1 is 1.03 bits per heavy atom. The van der Waals surface area contributed by atoms with Gasteiger partial charge in [0.2, 0.25) is 0 Å². The van der Waals surface area contributed by atoms with Crippen LogP contribution >= 0.6 is 0 Å². The molecule has 1 amide bonds. The first kappa shape index (κ1) is 19.3. The molecule has 0 bridgehead atoms. The largest absolute Gasteiger partial charge is 0.338 e. The fourth-order valence-electron chi connectivity index (χ4n) is 4.12. The number of nitrogens with two attached hydrogens (primary N) is 1. The molecule has 0 radical (unpaired) electrons. The van der Waals surface area contributed by atoms with Gasteiger partial charge >= 0.3 is 0 Å². The predicted octanol–water partition coefficient (Wildman–Crippen LogP) is 4.23. The third kappa shape index (κ3) is 4.38. The first-order valence-corrected chi connectivity index (χ1v) is 10.2. The van der Waals surface area contributed by atoms with Gasteiger partial charge in [-0.1, -0.05) is 48.0 Å². The topological polar surface area (TPSA) is 59.2 Å². The number of aromatic nitrogens is 1. The van der Waals surface area contributed by atoms with Gasteiger partial charge in [-0.25, -0.2) is 0 Å². The van der Waals surface area contributed by atoms with E-state index in [0.29, 0.717) is 13.1 Å². The number of carbonyl (C=O) groups is 1. The molecule has 1 aliphatic rings. The zero-order chi connectivity index (χ0) is 20.3. The van der Waals surface area contributed by atoms with E-state index in [-0.39, 0.29) is 11.4 Å². The lowest BCUT2D eigenvalue weighted by Crippen LogP contribution is -2.53. The Morgan fingerprint density at radius 3 is 2.41 bits per heavy atom. The monoisotopic (exact) mass is 385 g/mol. The van der Waals surface area contributed by atoms with E-state index >= 15 is 0 Å². The van der Waals surface area contributed by atoms with Gasteiger partial charge in [-0.15, -0.1) is 0 Å². The van der Waals surface area contributed by atoms with Crippen LogP contribution in [0.4, 0.5) is 0 Å². The maximum absolute atomic E-state index is 13.3. The van der Waals surface area contributed by atoms with Gasteiger partial charge in [0, 0.05) is 36.6 Å². The third-order valence-corrected chi connectivity index (χ3v) is 5.84. The summed E-state index contributed by atoms with van der Waals surface area (Å²) in [5, 5.41) is 0. The summed E-state index contributed by atoms with van der Waals surface area (Å²) in [6, 6.07) is 20.3. The molecule has 4 rings (SSSR count). The average Bonchev–Trinajstić information content (AvgIpc) is 2.75. The fourth-order valence-corrected chi connectivity index (χ4v) is 4.12. The molecule has 2 N–H and O–H groups in total. The highest BCUT2D eigenvalue weighted by atomic mass is 16.2. The van der Waals surface area contributed by atoms with Gasteiger partial charge in [0.25, 0.3) is 5.91 Å². The van der Waals surface area contributed by atoms with Crippen LogP contribution in [0.25, 0.3) is 11.1 Å². The van der Waals surface area contributed by atoms with Crippen LogP contribution in [0.15, 0.2) is 73.1 Å². The van der Waals surface area contributed by atoms with Gasteiger partial charge in [-0.3, -0.25) is 9.78 Å². The van der Waals surface area contributed by atoms with E-state index in [0.717, 1.165) is 41.5 Å². The number of hydrogen-bond donors (Lipinski definition) is 1. The molecule has 0 unspecified atom stereocenters. The van der Waals surface area contributed by atoms with Crippen molar-refractivity contribution >= 4 is 5.91 Å². The highest BCUT2D eigenvalue weighted by Gasteiger charge is 2.33. The second-order valence-electron chi connectivity index (χ2n) is 8.10. The molecule has 2 heterocycles. The summed E-state index contributed by atoms with van der Waals surface area (Å²) in [5.41, 5.74) is 11.6. The number of aryl methyl sites for hydroxylation is 1. The van der Waals surface area contributed by atoms with Crippen molar-refractivity contribution in [3.63, 3.8) is 0 Å². The van der Waals surface area contributed by atoms with Gasteiger partial charge in [0.05, 0.1) is 0 Å². The molecule has 1 fully saturated rings. The number of pyridine rings is 1. The van der Waals surface area contributed by atoms with Gasteiger partial charge in [-0.2, -0.15) is 0 Å². The van der Waals surface area contributed by atoms with E-state index in [9.17, 15) is 4.79 Å². The van der Waals surface area contributed by atoms with Gasteiger partial charge in [0.15, 0.2) is 0 Å². The molecule has 4 nitrogen and oxygen atoms in total. The Kier molecular flexibility index (Phi) is 5.45. The fraction of sp³-hybridized carbons (Fsp3) is 0.280. The Labute approximate surface area is 172 Å². The van der Waals surface area contributed by atoms with Crippen LogP contribution < -0.4 is 5.73 Å². The van der Waals surface area contributed by atoms with Crippen LogP contribution in [0.5, 0.6) is 0 Å². The summed E-state index contributed by atoms with van der Waals surface area (Å²) in [6.45, 7) is 3.42. The van der Waals surface area contributed by atoms with E-state index < -0.39 is 0 Å². The quantitative estimate of drug-likeness (QED) is 0.731. The molecule has 0 aliphatic carbocycles. The molecule has 0 saturated carbocycles. The van der Waals surface area contributed by atoms with Gasteiger partial charge < -0.3 is 10.6 Å². The van der Waals surface area contributed by atoms with Crippen LogP contribution in [0.1, 0.15) is 34.3 Å². The van der Waals surface area contributed by atoms with Crippen molar-refractivity contribution in [3.8, 4) is 11.1 Å². The summed E-state index contributed by atoms with van der Waals surface area (Å²) in [6.07, 6.45) is 6.00. The zero-order valence-corrected chi connectivity index (χ0v) is 16.8. The first-order chi connectivity index (χ1) is 14.0. The molecule has 4 heteroatoms. The van der Waals surface area contributed by atoms with Crippen LogP contribution in [-0.4, -0.2) is 34.4 Å². The molecule has 148 valence electrons. The molecule has 29 heavy (non-hydrogen) atoms. The maximum Gasteiger partial charge on any atom is 0.254 e. The second-order valence-corrected chi connectivity index (χ2v) is 8.10. The maximum atomic E-state index is 13.3. The van der Waals surface area contributed by atoms with Crippen LogP contribution in [-0.2, 0) is 6.42 Å². The van der Waals surface area contributed by atoms with Gasteiger partial charge in [0.1, 0.15) is 0 Å². The molecule has 2 aromatic carbocycles. The van der Waals surface area contributed by atoms with Crippen molar-refractivity contribution in [2.24, 2.45) is 5.73 Å². The normalized spacial score (nSPS) is 15.9. The minimum Gasteiger partial charge on any atom is -0.338 e. The van der Waals surface area contributed by atoms with Gasteiger partial charge in [-0.05, 0) is 61.1 Å². The molecule has 3 aromatic rings. The standard InChI is InChI=1S/C25H27N3O/c1-19-7-8-22(23(17-19)21-9-13-27-14-10-21)24(29)28-15-11-25(26,12-16-28)18-20-5-3-2-4-6-20/h2-10,13-14,17H,11-12,15-16,18,26H2,1H3. The number of benzene rings is 2. The minimum absolute atomic E-state index is 0.0820. The van der Waals surface area contributed by atoms with E-state index in [1.165, 1.54) is 5.56 Å². The summed E-state index contributed by atoms with van der Waals surface area (Å²) in [7, 11) is 0. The molecule has 0 spiro atoms. The van der Waals surface area contributed by atoms with Crippen molar-refractivity contribution in [3.05, 3.63) is 89.7 Å². The predicted molar refractivity (Wildman–Crippen MR) is 117 cm³/mol. The number of piperidine rings is 1. The Bertz CT molecular complexity index is 977. The number of carbonyl (C=O) groups excluding carboxylic acids is 1. The van der Waals surface area contributed by atoms with Crippen LogP contribution in [0, 0.1) is 6.92 Å². The zero-order valence-electron chi connectivity index (χ0n) is 16.8. The first-order valence-electron chi connectivity index (χ1n) is 10.2. The lowest BCUT2D eigenvalue weighted by Gasteiger charge is -2.39. The SMILES string of the molecule is Cc1ccc(C(=O)N2CCC(N)(Cc3ccccc3)CC2)c(-c2ccncc2)c1. The van der Waals surface area contributed by atoms with Crippen molar-refractivity contribution in [1.82, 2.24) is 9.88 Å². The van der Waals surface area contributed by atoms with Crippen LogP contribution in [0.2, 0.25) is 0 Å². The number of hydrogen-bond acceptors (Lipinski definition) is 3. The van der Waals surface area contributed by atoms with Crippen molar-refractivity contribution in [1.29, 1.82) is 0 Å². The summed E-state index contributed by atoms with van der Waals surface area (Å²) in [5.74, 6) is 0.0820. The molecule has 0 atom stereocenters. The van der Waals surface area contributed by atoms with E-state index in [2.05, 4.69) is 35.3 Å². The van der Waals surface area contributed by atoms with Crippen molar-refractivity contribution in [2.75, 3.05) is 13.1 Å². The summed E-state index contributed by atoms with van der Waals surface area (Å²) < 4.78 is 0.